The minimum absolute atomic E-state index is 0.0774. The van der Waals surface area contributed by atoms with Crippen LogP contribution < -0.4 is 10.1 Å². The molecule has 0 radical (unpaired) electrons. The van der Waals surface area contributed by atoms with Gasteiger partial charge in [-0.05, 0) is 50.1 Å². The van der Waals surface area contributed by atoms with E-state index in [1.165, 1.54) is 0 Å². The Morgan fingerprint density at radius 1 is 1.19 bits per heavy atom. The summed E-state index contributed by atoms with van der Waals surface area (Å²) in [5, 5.41) is 12.6. The van der Waals surface area contributed by atoms with Gasteiger partial charge < -0.3 is 15.2 Å². The minimum atomic E-state index is -0.660. The average molecular weight is 285 g/mol. The largest absolute Gasteiger partial charge is 0.505 e. The summed E-state index contributed by atoms with van der Waals surface area (Å²) in [5.74, 6) is 0.414. The fourth-order valence-electron chi connectivity index (χ4n) is 1.94. The smallest absolute Gasteiger partial charge is 0.265 e. The molecular formula is C17H19NO3. The predicted molar refractivity (Wildman–Crippen MR) is 82.7 cm³/mol. The van der Waals surface area contributed by atoms with Crippen molar-refractivity contribution in [3.8, 4) is 11.5 Å². The molecule has 0 unspecified atom stereocenters. The maximum absolute atomic E-state index is 12.1. The van der Waals surface area contributed by atoms with Crippen LogP contribution in [0.4, 0.5) is 5.69 Å². The number of hydrogen-bond acceptors (Lipinski definition) is 3. The molecule has 1 atom stereocenters. The quantitative estimate of drug-likeness (QED) is 0.846. The second-order valence-electron chi connectivity index (χ2n) is 5.04. The Bertz CT molecular complexity index is 652. The summed E-state index contributed by atoms with van der Waals surface area (Å²) in [6, 6.07) is 12.7. The van der Waals surface area contributed by atoms with E-state index in [2.05, 4.69) is 5.32 Å². The summed E-state index contributed by atoms with van der Waals surface area (Å²) in [6.45, 7) is 5.41. The van der Waals surface area contributed by atoms with Crippen LogP contribution in [0.3, 0.4) is 0 Å². The van der Waals surface area contributed by atoms with Crippen molar-refractivity contribution in [3.63, 3.8) is 0 Å². The second-order valence-corrected chi connectivity index (χ2v) is 5.04. The first-order chi connectivity index (χ1) is 9.97. The highest BCUT2D eigenvalue weighted by Gasteiger charge is 2.16. The number of amides is 1. The van der Waals surface area contributed by atoms with Crippen molar-refractivity contribution >= 4 is 11.6 Å². The topological polar surface area (TPSA) is 58.6 Å². The zero-order valence-electron chi connectivity index (χ0n) is 12.4. The summed E-state index contributed by atoms with van der Waals surface area (Å²) in [6.07, 6.45) is -0.660. The molecule has 0 saturated carbocycles. The van der Waals surface area contributed by atoms with E-state index in [9.17, 15) is 9.90 Å². The maximum Gasteiger partial charge on any atom is 0.265 e. The summed E-state index contributed by atoms with van der Waals surface area (Å²) >= 11 is 0. The normalized spacial score (nSPS) is 11.8. The number of hydrogen-bond donors (Lipinski definition) is 2. The highest BCUT2D eigenvalue weighted by Crippen LogP contribution is 2.26. The van der Waals surface area contributed by atoms with Crippen LogP contribution in [0.2, 0.25) is 0 Å². The van der Waals surface area contributed by atoms with Gasteiger partial charge in [-0.1, -0.05) is 24.3 Å². The summed E-state index contributed by atoms with van der Waals surface area (Å²) < 4.78 is 5.61. The Kier molecular flexibility index (Phi) is 4.48. The van der Waals surface area contributed by atoms with Gasteiger partial charge in [0.25, 0.3) is 5.91 Å². The van der Waals surface area contributed by atoms with Crippen molar-refractivity contribution in [1.82, 2.24) is 0 Å². The van der Waals surface area contributed by atoms with Gasteiger partial charge in [-0.2, -0.15) is 0 Å². The van der Waals surface area contributed by atoms with Crippen molar-refractivity contribution in [1.29, 1.82) is 0 Å². The molecule has 0 aliphatic rings. The minimum Gasteiger partial charge on any atom is -0.505 e. The zero-order chi connectivity index (χ0) is 15.4. The van der Waals surface area contributed by atoms with E-state index in [1.807, 2.05) is 25.1 Å². The molecule has 4 nitrogen and oxygen atoms in total. The van der Waals surface area contributed by atoms with Gasteiger partial charge in [0.2, 0.25) is 0 Å². The van der Waals surface area contributed by atoms with Gasteiger partial charge in [-0.3, -0.25) is 4.79 Å². The second kappa shape index (κ2) is 6.31. The lowest BCUT2D eigenvalue weighted by Crippen LogP contribution is -2.30. The Balaban J connectivity index is 2.04. The first kappa shape index (κ1) is 14.9. The van der Waals surface area contributed by atoms with E-state index in [0.717, 1.165) is 5.56 Å². The molecular weight excluding hydrogens is 266 g/mol. The Morgan fingerprint density at radius 2 is 1.90 bits per heavy atom. The number of rotatable bonds is 4. The van der Waals surface area contributed by atoms with Gasteiger partial charge in [0.05, 0.1) is 5.69 Å². The number of phenolic OH excluding ortho intramolecular Hbond substituents is 1. The Hall–Kier alpha value is -2.49. The molecule has 2 rings (SSSR count). The molecule has 0 heterocycles. The molecule has 0 aliphatic carbocycles. The molecule has 0 spiro atoms. The molecule has 4 heteroatoms. The molecule has 2 N–H and O–H groups in total. The summed E-state index contributed by atoms with van der Waals surface area (Å²) in [5.41, 5.74) is 2.16. The summed E-state index contributed by atoms with van der Waals surface area (Å²) in [7, 11) is 0. The van der Waals surface area contributed by atoms with Crippen molar-refractivity contribution in [3.05, 3.63) is 53.6 Å². The molecule has 110 valence electrons. The number of aryl methyl sites for hydroxylation is 2. The van der Waals surface area contributed by atoms with Crippen LogP contribution in [-0.4, -0.2) is 17.1 Å². The fourth-order valence-corrected chi connectivity index (χ4v) is 1.94. The van der Waals surface area contributed by atoms with Crippen LogP contribution in [0.5, 0.6) is 11.5 Å². The van der Waals surface area contributed by atoms with Crippen LogP contribution in [0, 0.1) is 13.8 Å². The molecule has 0 fully saturated rings. The zero-order valence-corrected chi connectivity index (χ0v) is 12.4. The number of carbonyl (C=O) groups excluding carboxylic acids is 1. The lowest BCUT2D eigenvalue weighted by atomic mass is 10.2. The van der Waals surface area contributed by atoms with Gasteiger partial charge in [0.15, 0.2) is 6.10 Å². The lowest BCUT2D eigenvalue weighted by Gasteiger charge is -2.16. The number of carbonyl (C=O) groups is 1. The molecule has 2 aromatic rings. The van der Waals surface area contributed by atoms with Crippen molar-refractivity contribution in [2.75, 3.05) is 5.32 Å². The number of phenols is 1. The van der Waals surface area contributed by atoms with Gasteiger partial charge in [-0.25, -0.2) is 0 Å². The number of para-hydroxylation sites is 1. The van der Waals surface area contributed by atoms with E-state index >= 15 is 0 Å². The Labute approximate surface area is 124 Å². The number of anilines is 1. The summed E-state index contributed by atoms with van der Waals surface area (Å²) in [4.78, 5) is 12.1. The molecule has 1 amide bonds. The van der Waals surface area contributed by atoms with Gasteiger partial charge >= 0.3 is 0 Å². The van der Waals surface area contributed by atoms with Crippen molar-refractivity contribution < 1.29 is 14.6 Å². The van der Waals surface area contributed by atoms with Crippen LogP contribution in [0.25, 0.3) is 0 Å². The van der Waals surface area contributed by atoms with Crippen LogP contribution >= 0.6 is 0 Å². The van der Waals surface area contributed by atoms with E-state index in [4.69, 9.17) is 4.74 Å². The monoisotopic (exact) mass is 285 g/mol. The molecule has 0 bridgehead atoms. The molecule has 0 saturated heterocycles. The highest BCUT2D eigenvalue weighted by molar-refractivity contribution is 5.95. The van der Waals surface area contributed by atoms with E-state index in [1.54, 1.807) is 38.1 Å². The number of aromatic hydroxyl groups is 1. The van der Waals surface area contributed by atoms with E-state index in [0.29, 0.717) is 17.0 Å². The van der Waals surface area contributed by atoms with Gasteiger partial charge in [-0.15, -0.1) is 0 Å². The Morgan fingerprint density at radius 3 is 2.62 bits per heavy atom. The average Bonchev–Trinajstić information content (AvgIpc) is 2.44. The number of ether oxygens (including phenoxy) is 1. The van der Waals surface area contributed by atoms with Crippen LogP contribution in [-0.2, 0) is 4.79 Å². The third-order valence-corrected chi connectivity index (χ3v) is 3.17. The van der Waals surface area contributed by atoms with Gasteiger partial charge in [0, 0.05) is 0 Å². The van der Waals surface area contributed by atoms with Crippen LogP contribution in [0.15, 0.2) is 42.5 Å². The van der Waals surface area contributed by atoms with E-state index in [-0.39, 0.29) is 11.7 Å². The molecule has 0 aliphatic heterocycles. The third kappa shape index (κ3) is 3.75. The maximum atomic E-state index is 12.1. The first-order valence-corrected chi connectivity index (χ1v) is 6.80. The fraction of sp³-hybridized carbons (Fsp3) is 0.235. The lowest BCUT2D eigenvalue weighted by molar-refractivity contribution is -0.122. The van der Waals surface area contributed by atoms with E-state index < -0.39 is 6.10 Å². The SMILES string of the molecule is Cc1cccc(O[C@H](C)C(=O)Nc2cccc(C)c2O)c1. The number of nitrogens with one attached hydrogen (secondary N) is 1. The highest BCUT2D eigenvalue weighted by atomic mass is 16.5. The first-order valence-electron chi connectivity index (χ1n) is 6.80. The molecule has 2 aromatic carbocycles. The van der Waals surface area contributed by atoms with Gasteiger partial charge in [0.1, 0.15) is 11.5 Å². The number of benzene rings is 2. The predicted octanol–water partition coefficient (Wildman–Crippen LogP) is 3.42. The van der Waals surface area contributed by atoms with Crippen molar-refractivity contribution in [2.45, 2.75) is 26.9 Å². The third-order valence-electron chi connectivity index (χ3n) is 3.17. The van der Waals surface area contributed by atoms with Crippen LogP contribution in [0.1, 0.15) is 18.1 Å². The standard InChI is InChI=1S/C17H19NO3/c1-11-6-4-8-14(10-11)21-13(3)17(20)18-15-9-5-7-12(2)16(15)19/h4-10,13,19H,1-3H3,(H,18,20)/t13-/m1/s1. The molecule has 0 aromatic heterocycles. The molecule has 21 heavy (non-hydrogen) atoms. The van der Waals surface area contributed by atoms with Crippen molar-refractivity contribution in [2.24, 2.45) is 0 Å².